The molecule has 0 aliphatic heterocycles. The van der Waals surface area contributed by atoms with Gasteiger partial charge in [0, 0.05) is 4.47 Å². The maximum atomic E-state index is 13.6. The second-order valence-electron chi connectivity index (χ2n) is 3.50. The summed E-state index contributed by atoms with van der Waals surface area (Å²) in [5, 5.41) is 13.4. The summed E-state index contributed by atoms with van der Waals surface area (Å²) in [5.41, 5.74) is 0.274. The van der Waals surface area contributed by atoms with E-state index in [9.17, 15) is 4.39 Å². The molecule has 7 heteroatoms. The molecule has 0 saturated carbocycles. The molecule has 1 aromatic carbocycles. The van der Waals surface area contributed by atoms with E-state index in [1.165, 1.54) is 6.07 Å². The van der Waals surface area contributed by atoms with Crippen LogP contribution in [0, 0.1) is 5.82 Å². The van der Waals surface area contributed by atoms with Gasteiger partial charge < -0.3 is 15.1 Å². The van der Waals surface area contributed by atoms with Crippen LogP contribution in [0.4, 0.5) is 16.1 Å². The number of aromatic nitrogens is 2. The molecule has 18 heavy (non-hydrogen) atoms. The Morgan fingerprint density at radius 2 is 2.22 bits per heavy atom. The van der Waals surface area contributed by atoms with Crippen molar-refractivity contribution >= 4 is 27.6 Å². The zero-order chi connectivity index (χ0) is 13.0. The Bertz CT molecular complexity index is 511. The lowest BCUT2D eigenvalue weighted by Gasteiger charge is -2.04. The van der Waals surface area contributed by atoms with Gasteiger partial charge in [-0.1, -0.05) is 18.1 Å². The van der Waals surface area contributed by atoms with Gasteiger partial charge in [0.25, 0.3) is 0 Å². The van der Waals surface area contributed by atoms with E-state index in [2.05, 4.69) is 36.8 Å². The maximum Gasteiger partial charge on any atom is 0.320 e. The molecule has 2 N–H and O–H groups in total. The Hall–Kier alpha value is -1.47. The molecule has 5 nitrogen and oxygen atoms in total. The van der Waals surface area contributed by atoms with Crippen molar-refractivity contribution in [1.82, 2.24) is 15.5 Å². The Morgan fingerprint density at radius 1 is 1.39 bits per heavy atom. The fourth-order valence-electron chi connectivity index (χ4n) is 1.33. The van der Waals surface area contributed by atoms with Crippen LogP contribution in [0.25, 0.3) is 0 Å². The van der Waals surface area contributed by atoms with Crippen LogP contribution in [0.2, 0.25) is 0 Å². The van der Waals surface area contributed by atoms with Gasteiger partial charge in [0.15, 0.2) is 0 Å². The van der Waals surface area contributed by atoms with E-state index in [4.69, 9.17) is 4.42 Å². The van der Waals surface area contributed by atoms with Crippen LogP contribution in [0.3, 0.4) is 0 Å². The molecule has 0 aliphatic rings. The van der Waals surface area contributed by atoms with Gasteiger partial charge in [-0.05, 0) is 34.6 Å². The van der Waals surface area contributed by atoms with Crippen molar-refractivity contribution in [3.8, 4) is 0 Å². The molecule has 0 fully saturated rings. The Morgan fingerprint density at radius 3 is 2.94 bits per heavy atom. The van der Waals surface area contributed by atoms with E-state index >= 15 is 0 Å². The van der Waals surface area contributed by atoms with Crippen LogP contribution in [0.5, 0.6) is 0 Å². The zero-order valence-electron chi connectivity index (χ0n) is 9.70. The average Bonchev–Trinajstić information content (AvgIpc) is 2.79. The molecule has 0 spiro atoms. The van der Waals surface area contributed by atoms with Gasteiger partial charge in [0.1, 0.15) is 5.82 Å². The van der Waals surface area contributed by atoms with Gasteiger partial charge in [-0.25, -0.2) is 4.39 Å². The van der Waals surface area contributed by atoms with Crippen LogP contribution >= 0.6 is 15.9 Å². The van der Waals surface area contributed by atoms with E-state index in [-0.39, 0.29) is 11.7 Å². The van der Waals surface area contributed by atoms with Crippen LogP contribution in [0.1, 0.15) is 12.8 Å². The highest BCUT2D eigenvalue weighted by molar-refractivity contribution is 9.10. The number of hydrogen-bond donors (Lipinski definition) is 2. The summed E-state index contributed by atoms with van der Waals surface area (Å²) in [6.07, 6.45) is 0. The highest BCUT2D eigenvalue weighted by Gasteiger charge is 2.11. The Labute approximate surface area is 112 Å². The van der Waals surface area contributed by atoms with Gasteiger partial charge in [0.05, 0.1) is 12.2 Å². The molecule has 2 rings (SSSR count). The van der Waals surface area contributed by atoms with Gasteiger partial charge in [-0.2, -0.15) is 0 Å². The average molecular weight is 315 g/mol. The lowest BCUT2D eigenvalue weighted by molar-refractivity contribution is 0.483. The summed E-state index contributed by atoms with van der Waals surface area (Å²) in [4.78, 5) is 0. The van der Waals surface area contributed by atoms with Crippen molar-refractivity contribution in [3.05, 3.63) is 34.4 Å². The SMILES string of the molecule is CCNCc1nnc(Nc2c(F)cccc2Br)o1. The molecule has 0 atom stereocenters. The van der Waals surface area contributed by atoms with Crippen LogP contribution in [0.15, 0.2) is 27.1 Å². The second kappa shape index (κ2) is 5.92. The Kier molecular flexibility index (Phi) is 4.27. The number of nitrogens with one attached hydrogen (secondary N) is 2. The van der Waals surface area contributed by atoms with Crippen LogP contribution in [-0.4, -0.2) is 16.7 Å². The minimum atomic E-state index is -0.393. The minimum absolute atomic E-state index is 0.161. The molecule has 0 aliphatic carbocycles. The smallest absolute Gasteiger partial charge is 0.320 e. The third-order valence-corrected chi connectivity index (χ3v) is 2.85. The first-order valence-corrected chi connectivity index (χ1v) is 6.24. The molecule has 2 aromatic rings. The maximum absolute atomic E-state index is 13.6. The number of benzene rings is 1. The lowest BCUT2D eigenvalue weighted by atomic mass is 10.3. The molecule has 0 unspecified atom stereocenters. The lowest BCUT2D eigenvalue weighted by Crippen LogP contribution is -2.11. The van der Waals surface area contributed by atoms with E-state index in [0.717, 1.165) is 6.54 Å². The molecule has 1 heterocycles. The van der Waals surface area contributed by atoms with Crippen molar-refractivity contribution < 1.29 is 8.81 Å². The normalized spacial score (nSPS) is 10.6. The summed E-state index contributed by atoms with van der Waals surface area (Å²) in [6.45, 7) is 3.28. The predicted octanol–water partition coefficient (Wildman–Crippen LogP) is 2.82. The number of nitrogens with zero attached hydrogens (tertiary/aromatic N) is 2. The minimum Gasteiger partial charge on any atom is -0.406 e. The van der Waals surface area contributed by atoms with Gasteiger partial charge in [0.2, 0.25) is 5.89 Å². The number of anilines is 2. The monoisotopic (exact) mass is 314 g/mol. The molecular weight excluding hydrogens is 303 g/mol. The van der Waals surface area contributed by atoms with E-state index in [1.807, 2.05) is 6.92 Å². The summed E-state index contributed by atoms with van der Waals surface area (Å²) in [6, 6.07) is 4.84. The van der Waals surface area contributed by atoms with Crippen molar-refractivity contribution in [1.29, 1.82) is 0 Å². The first-order chi connectivity index (χ1) is 8.70. The summed E-state index contributed by atoms with van der Waals surface area (Å²) >= 11 is 3.25. The van der Waals surface area contributed by atoms with Crippen LogP contribution in [-0.2, 0) is 6.54 Å². The first kappa shape index (κ1) is 13.0. The highest BCUT2D eigenvalue weighted by Crippen LogP contribution is 2.27. The summed E-state index contributed by atoms with van der Waals surface area (Å²) in [7, 11) is 0. The van der Waals surface area contributed by atoms with Gasteiger partial charge in [-0.15, -0.1) is 5.10 Å². The summed E-state index contributed by atoms with van der Waals surface area (Å²) < 4.78 is 19.5. The molecule has 0 radical (unpaired) electrons. The predicted molar refractivity (Wildman–Crippen MR) is 69.1 cm³/mol. The van der Waals surface area contributed by atoms with E-state index in [0.29, 0.717) is 16.9 Å². The largest absolute Gasteiger partial charge is 0.406 e. The third-order valence-electron chi connectivity index (χ3n) is 2.19. The molecule has 96 valence electrons. The standard InChI is InChI=1S/C11H12BrFN4O/c1-2-14-6-9-16-17-11(18-9)15-10-7(12)4-3-5-8(10)13/h3-5,14H,2,6H2,1H3,(H,15,17). The molecule has 1 aromatic heterocycles. The van der Waals surface area contributed by atoms with Crippen LogP contribution < -0.4 is 10.6 Å². The van der Waals surface area contributed by atoms with Crippen molar-refractivity contribution in [2.75, 3.05) is 11.9 Å². The molecule has 0 bridgehead atoms. The molecule has 0 amide bonds. The molecule has 0 saturated heterocycles. The second-order valence-corrected chi connectivity index (χ2v) is 4.36. The van der Waals surface area contributed by atoms with Crippen molar-refractivity contribution in [3.63, 3.8) is 0 Å². The number of halogens is 2. The van der Waals surface area contributed by atoms with Gasteiger partial charge in [-0.3, -0.25) is 0 Å². The quantitative estimate of drug-likeness (QED) is 0.888. The van der Waals surface area contributed by atoms with E-state index < -0.39 is 5.82 Å². The van der Waals surface area contributed by atoms with Crippen molar-refractivity contribution in [2.24, 2.45) is 0 Å². The number of rotatable bonds is 5. The Balaban J connectivity index is 2.11. The first-order valence-electron chi connectivity index (χ1n) is 5.45. The number of hydrogen-bond acceptors (Lipinski definition) is 5. The third kappa shape index (κ3) is 3.05. The van der Waals surface area contributed by atoms with Gasteiger partial charge >= 0.3 is 6.01 Å². The topological polar surface area (TPSA) is 63.0 Å². The fraction of sp³-hybridized carbons (Fsp3) is 0.273. The van der Waals surface area contributed by atoms with E-state index in [1.54, 1.807) is 12.1 Å². The zero-order valence-corrected chi connectivity index (χ0v) is 11.3. The summed E-state index contributed by atoms with van der Waals surface area (Å²) in [5.74, 6) is 0.0580. The van der Waals surface area contributed by atoms with Crippen molar-refractivity contribution in [2.45, 2.75) is 13.5 Å². The fourth-order valence-corrected chi connectivity index (χ4v) is 1.77. The number of para-hydroxylation sites is 1. The molecular formula is C11H12BrFN4O. The highest BCUT2D eigenvalue weighted by atomic mass is 79.9.